The minimum absolute atomic E-state index is 0.105. The van der Waals surface area contributed by atoms with Crippen molar-refractivity contribution in [2.24, 2.45) is 0 Å². The van der Waals surface area contributed by atoms with E-state index in [1.807, 2.05) is 4.90 Å². The van der Waals surface area contributed by atoms with Gasteiger partial charge < -0.3 is 19.9 Å². The Kier molecular flexibility index (Phi) is 6.66. The first-order chi connectivity index (χ1) is 14.4. The molecule has 2 aromatic carbocycles. The van der Waals surface area contributed by atoms with Gasteiger partial charge in [0.2, 0.25) is 5.91 Å². The summed E-state index contributed by atoms with van der Waals surface area (Å²) in [7, 11) is 1.54. The molecule has 1 aliphatic heterocycles. The molecule has 8 heteroatoms. The van der Waals surface area contributed by atoms with Crippen LogP contribution in [0.5, 0.6) is 5.75 Å². The van der Waals surface area contributed by atoms with Gasteiger partial charge in [-0.2, -0.15) is 0 Å². The topological polar surface area (TPSA) is 79.0 Å². The van der Waals surface area contributed by atoms with Gasteiger partial charge in [0.1, 0.15) is 11.6 Å². The largest absolute Gasteiger partial charge is 0.497 e. The third kappa shape index (κ3) is 4.94. The van der Waals surface area contributed by atoms with Crippen LogP contribution in [-0.4, -0.2) is 62.3 Å². The molecule has 0 saturated carbocycles. The summed E-state index contributed by atoms with van der Waals surface area (Å²) >= 11 is 0. The van der Waals surface area contributed by atoms with Crippen LogP contribution in [0, 0.1) is 5.82 Å². The Morgan fingerprint density at radius 2 is 1.63 bits per heavy atom. The molecular formula is C22H24FN3O4. The zero-order valence-electron chi connectivity index (χ0n) is 17.0. The van der Waals surface area contributed by atoms with Crippen LogP contribution in [0.3, 0.4) is 0 Å². The average Bonchev–Trinajstić information content (AvgIpc) is 2.77. The lowest BCUT2D eigenvalue weighted by molar-refractivity contribution is -0.130. The van der Waals surface area contributed by atoms with Crippen LogP contribution < -0.4 is 15.0 Å². The molecule has 1 aliphatic rings. The zero-order valence-corrected chi connectivity index (χ0v) is 17.0. The van der Waals surface area contributed by atoms with Gasteiger partial charge in [0.05, 0.1) is 19.3 Å². The maximum absolute atomic E-state index is 14.3. The summed E-state index contributed by atoms with van der Waals surface area (Å²) < 4.78 is 19.4. The number of nitrogens with one attached hydrogen (secondary N) is 1. The number of halogens is 1. The van der Waals surface area contributed by atoms with Gasteiger partial charge in [-0.1, -0.05) is 0 Å². The highest BCUT2D eigenvalue weighted by Crippen LogP contribution is 2.22. The number of carbonyl (C=O) groups is 3. The van der Waals surface area contributed by atoms with Crippen molar-refractivity contribution in [3.8, 4) is 5.75 Å². The molecule has 0 aliphatic carbocycles. The lowest BCUT2D eigenvalue weighted by Crippen LogP contribution is -2.51. The second kappa shape index (κ2) is 9.39. The molecular weight excluding hydrogens is 389 g/mol. The van der Waals surface area contributed by atoms with E-state index in [0.717, 1.165) is 0 Å². The third-order valence-electron chi connectivity index (χ3n) is 5.08. The van der Waals surface area contributed by atoms with Crippen molar-refractivity contribution >= 4 is 23.3 Å². The number of rotatable bonds is 6. The Balaban J connectivity index is 1.50. The van der Waals surface area contributed by atoms with Gasteiger partial charge in [-0.25, -0.2) is 4.39 Å². The second-order valence-corrected chi connectivity index (χ2v) is 7.00. The van der Waals surface area contributed by atoms with Gasteiger partial charge in [-0.15, -0.1) is 0 Å². The van der Waals surface area contributed by atoms with E-state index >= 15 is 0 Å². The molecule has 158 valence electrons. The highest BCUT2D eigenvalue weighted by molar-refractivity contribution is 5.96. The van der Waals surface area contributed by atoms with Crippen molar-refractivity contribution in [1.82, 2.24) is 10.2 Å². The summed E-state index contributed by atoms with van der Waals surface area (Å²) in [6, 6.07) is 11.1. The van der Waals surface area contributed by atoms with E-state index in [0.29, 0.717) is 48.7 Å². The molecule has 1 fully saturated rings. The molecule has 1 heterocycles. The van der Waals surface area contributed by atoms with E-state index in [4.69, 9.17) is 4.74 Å². The first-order valence-corrected chi connectivity index (χ1v) is 9.64. The Bertz CT molecular complexity index is 938. The van der Waals surface area contributed by atoms with E-state index in [1.54, 1.807) is 48.4 Å². The van der Waals surface area contributed by atoms with Crippen LogP contribution in [0.15, 0.2) is 42.5 Å². The van der Waals surface area contributed by atoms with E-state index in [1.165, 1.54) is 13.0 Å². The molecule has 0 bridgehead atoms. The number of ketones is 1. The Morgan fingerprint density at radius 1 is 1.00 bits per heavy atom. The van der Waals surface area contributed by atoms with E-state index < -0.39 is 5.82 Å². The molecule has 2 aromatic rings. The molecule has 3 rings (SSSR count). The van der Waals surface area contributed by atoms with Crippen molar-refractivity contribution in [3.05, 3.63) is 59.4 Å². The van der Waals surface area contributed by atoms with Crippen molar-refractivity contribution in [2.45, 2.75) is 6.92 Å². The quantitative estimate of drug-likeness (QED) is 0.734. The number of nitrogens with zero attached hydrogens (tertiary/aromatic N) is 2. The average molecular weight is 413 g/mol. The summed E-state index contributed by atoms with van der Waals surface area (Å²) in [6.45, 7) is 3.07. The molecule has 0 atom stereocenters. The number of hydrogen-bond acceptors (Lipinski definition) is 5. The normalized spacial score (nSPS) is 13.7. The summed E-state index contributed by atoms with van der Waals surface area (Å²) in [5.74, 6) is -0.518. The minimum Gasteiger partial charge on any atom is -0.497 e. The van der Waals surface area contributed by atoms with Gasteiger partial charge in [0, 0.05) is 37.3 Å². The number of benzene rings is 2. The first-order valence-electron chi connectivity index (χ1n) is 9.64. The highest BCUT2D eigenvalue weighted by Gasteiger charge is 2.23. The first kappa shape index (κ1) is 21.3. The van der Waals surface area contributed by atoms with Crippen LogP contribution in [0.1, 0.15) is 27.6 Å². The maximum Gasteiger partial charge on any atom is 0.251 e. The third-order valence-corrected chi connectivity index (χ3v) is 5.08. The second-order valence-electron chi connectivity index (χ2n) is 7.00. The molecule has 0 aromatic heterocycles. The number of carbonyl (C=O) groups excluding carboxylic acids is 3. The standard InChI is InChI=1S/C22H24FN3O4/c1-15(27)17-5-8-20(19(23)13-17)25-9-11-26(12-10-25)21(28)14-24-22(29)16-3-6-18(30-2)7-4-16/h3-8,13H,9-12,14H2,1-2H3,(H,24,29). The molecule has 30 heavy (non-hydrogen) atoms. The Hall–Kier alpha value is -3.42. The summed E-state index contributed by atoms with van der Waals surface area (Å²) in [5, 5.41) is 2.63. The maximum atomic E-state index is 14.3. The number of hydrogen-bond donors (Lipinski definition) is 1. The minimum atomic E-state index is -0.450. The van der Waals surface area contributed by atoms with Crippen molar-refractivity contribution in [2.75, 3.05) is 44.7 Å². The number of piperazine rings is 1. The summed E-state index contributed by atoms with van der Waals surface area (Å²) in [4.78, 5) is 39.5. The fourth-order valence-electron chi connectivity index (χ4n) is 3.29. The summed E-state index contributed by atoms with van der Waals surface area (Å²) in [5.41, 5.74) is 1.19. The lowest BCUT2D eigenvalue weighted by atomic mass is 10.1. The fraction of sp³-hybridized carbons (Fsp3) is 0.318. The number of methoxy groups -OCH3 is 1. The van der Waals surface area contributed by atoms with Gasteiger partial charge >= 0.3 is 0 Å². The fourth-order valence-corrected chi connectivity index (χ4v) is 3.29. The summed E-state index contributed by atoms with van der Waals surface area (Å²) in [6.07, 6.45) is 0. The predicted molar refractivity (Wildman–Crippen MR) is 111 cm³/mol. The monoisotopic (exact) mass is 413 g/mol. The van der Waals surface area contributed by atoms with Gasteiger partial charge in [0.15, 0.2) is 5.78 Å². The van der Waals surface area contributed by atoms with Crippen molar-refractivity contribution in [1.29, 1.82) is 0 Å². The van der Waals surface area contributed by atoms with E-state index in [2.05, 4.69) is 5.32 Å². The van der Waals surface area contributed by atoms with Crippen LogP contribution in [0.25, 0.3) is 0 Å². The lowest BCUT2D eigenvalue weighted by Gasteiger charge is -2.36. The molecule has 1 saturated heterocycles. The van der Waals surface area contributed by atoms with Crippen LogP contribution in [0.2, 0.25) is 0 Å². The molecule has 0 unspecified atom stereocenters. The molecule has 0 spiro atoms. The number of anilines is 1. The smallest absolute Gasteiger partial charge is 0.251 e. The number of Topliss-reactive ketones (excluding diaryl/α,β-unsaturated/α-hetero) is 1. The molecule has 2 amide bonds. The molecule has 0 radical (unpaired) electrons. The van der Waals surface area contributed by atoms with E-state index in [-0.39, 0.29) is 24.1 Å². The van der Waals surface area contributed by atoms with Crippen LogP contribution in [0.4, 0.5) is 10.1 Å². The Morgan fingerprint density at radius 3 is 2.20 bits per heavy atom. The highest BCUT2D eigenvalue weighted by atomic mass is 19.1. The molecule has 7 nitrogen and oxygen atoms in total. The van der Waals surface area contributed by atoms with Gasteiger partial charge in [-0.3, -0.25) is 14.4 Å². The predicted octanol–water partition coefficient (Wildman–Crippen LogP) is 2.12. The van der Waals surface area contributed by atoms with Crippen molar-refractivity contribution in [3.63, 3.8) is 0 Å². The van der Waals surface area contributed by atoms with Crippen LogP contribution >= 0.6 is 0 Å². The number of ether oxygens (including phenoxy) is 1. The van der Waals surface area contributed by atoms with Gasteiger partial charge in [-0.05, 0) is 49.4 Å². The molecule has 1 N–H and O–H groups in total. The van der Waals surface area contributed by atoms with Gasteiger partial charge in [0.25, 0.3) is 5.91 Å². The van der Waals surface area contributed by atoms with E-state index in [9.17, 15) is 18.8 Å². The van der Waals surface area contributed by atoms with Crippen molar-refractivity contribution < 1.29 is 23.5 Å². The van der Waals surface area contributed by atoms with Crippen LogP contribution in [-0.2, 0) is 4.79 Å². The number of amides is 2. The zero-order chi connectivity index (χ0) is 21.7. The SMILES string of the molecule is COc1ccc(C(=O)NCC(=O)N2CCN(c3ccc(C(C)=O)cc3F)CC2)cc1. The Labute approximate surface area is 174 Å².